The predicted octanol–water partition coefficient (Wildman–Crippen LogP) is 3.99. The highest BCUT2D eigenvalue weighted by Gasteiger charge is 2.20. The van der Waals surface area contributed by atoms with Crippen LogP contribution in [0.4, 0.5) is 11.4 Å². The minimum absolute atomic E-state index is 0.000447. The predicted molar refractivity (Wildman–Crippen MR) is 75.2 cm³/mol. The normalized spacial score (nSPS) is 10.8. The number of hydrogen-bond donors (Lipinski definition) is 1. The number of hydrogen-bond acceptors (Lipinski definition) is 4. The fourth-order valence-corrected chi connectivity index (χ4v) is 1.80. The van der Waals surface area contributed by atoms with Gasteiger partial charge in [-0.15, -0.1) is 0 Å². The summed E-state index contributed by atoms with van der Waals surface area (Å²) in [5.74, 6) is 0. The Labute approximate surface area is 117 Å². The standard InChI is InChI=1S/C13H16ClN3O2/c1-13(2,6-3-7-15)9-16-11-8-10(14)4-5-12(11)17(18)19/h4-5,8,16H,3,6,9H2,1-2H3. The van der Waals surface area contributed by atoms with Gasteiger partial charge in [-0.05, 0) is 24.0 Å². The van der Waals surface area contributed by atoms with E-state index in [9.17, 15) is 10.1 Å². The molecule has 5 nitrogen and oxygen atoms in total. The Morgan fingerprint density at radius 1 is 1.53 bits per heavy atom. The highest BCUT2D eigenvalue weighted by molar-refractivity contribution is 6.31. The summed E-state index contributed by atoms with van der Waals surface area (Å²) in [6, 6.07) is 6.52. The number of anilines is 1. The van der Waals surface area contributed by atoms with Crippen molar-refractivity contribution in [3.63, 3.8) is 0 Å². The van der Waals surface area contributed by atoms with E-state index >= 15 is 0 Å². The fraction of sp³-hybridized carbons (Fsp3) is 0.462. The molecule has 0 aromatic heterocycles. The van der Waals surface area contributed by atoms with E-state index in [2.05, 4.69) is 11.4 Å². The van der Waals surface area contributed by atoms with Crippen molar-refractivity contribution in [3.8, 4) is 6.07 Å². The minimum Gasteiger partial charge on any atom is -0.379 e. The molecule has 0 bridgehead atoms. The molecule has 0 heterocycles. The van der Waals surface area contributed by atoms with Gasteiger partial charge in [0.15, 0.2) is 0 Å². The maximum Gasteiger partial charge on any atom is 0.292 e. The number of nitrogens with zero attached hydrogens (tertiary/aromatic N) is 2. The molecule has 0 aliphatic carbocycles. The number of nitro groups is 1. The van der Waals surface area contributed by atoms with E-state index in [4.69, 9.17) is 16.9 Å². The number of rotatable bonds is 6. The number of nitro benzene ring substituents is 1. The van der Waals surface area contributed by atoms with Gasteiger partial charge in [-0.1, -0.05) is 25.4 Å². The summed E-state index contributed by atoms with van der Waals surface area (Å²) >= 11 is 5.85. The monoisotopic (exact) mass is 281 g/mol. The van der Waals surface area contributed by atoms with Gasteiger partial charge >= 0.3 is 0 Å². The van der Waals surface area contributed by atoms with Gasteiger partial charge < -0.3 is 5.32 Å². The summed E-state index contributed by atoms with van der Waals surface area (Å²) < 4.78 is 0. The van der Waals surface area contributed by atoms with Crippen molar-refractivity contribution in [2.45, 2.75) is 26.7 Å². The molecule has 0 unspecified atom stereocenters. The molecular weight excluding hydrogens is 266 g/mol. The van der Waals surface area contributed by atoms with Crippen molar-refractivity contribution in [1.82, 2.24) is 0 Å². The highest BCUT2D eigenvalue weighted by Crippen LogP contribution is 2.30. The molecule has 1 rings (SSSR count). The molecular formula is C13H16ClN3O2. The Morgan fingerprint density at radius 2 is 2.21 bits per heavy atom. The van der Waals surface area contributed by atoms with Crippen LogP contribution in [0, 0.1) is 26.9 Å². The van der Waals surface area contributed by atoms with Crippen LogP contribution in [0.3, 0.4) is 0 Å². The zero-order valence-corrected chi connectivity index (χ0v) is 11.7. The summed E-state index contributed by atoms with van der Waals surface area (Å²) in [5.41, 5.74) is 0.286. The third-order valence-corrected chi connectivity index (χ3v) is 3.06. The molecule has 0 spiro atoms. The largest absolute Gasteiger partial charge is 0.379 e. The summed E-state index contributed by atoms with van der Waals surface area (Å²) in [7, 11) is 0. The third-order valence-electron chi connectivity index (χ3n) is 2.83. The van der Waals surface area contributed by atoms with E-state index in [1.54, 1.807) is 6.07 Å². The van der Waals surface area contributed by atoms with Crippen LogP contribution < -0.4 is 5.32 Å². The lowest BCUT2D eigenvalue weighted by molar-refractivity contribution is -0.384. The molecule has 0 aliphatic rings. The van der Waals surface area contributed by atoms with Gasteiger partial charge in [0.2, 0.25) is 0 Å². The van der Waals surface area contributed by atoms with E-state index in [0.717, 1.165) is 6.42 Å². The van der Waals surface area contributed by atoms with Crippen LogP contribution in [0.5, 0.6) is 0 Å². The molecule has 0 radical (unpaired) electrons. The second kappa shape index (κ2) is 6.39. The fourth-order valence-electron chi connectivity index (χ4n) is 1.63. The van der Waals surface area contributed by atoms with E-state index < -0.39 is 4.92 Å². The molecule has 19 heavy (non-hydrogen) atoms. The van der Waals surface area contributed by atoms with Crippen LogP contribution in [0.1, 0.15) is 26.7 Å². The van der Waals surface area contributed by atoms with Crippen LogP contribution in [0.25, 0.3) is 0 Å². The average Bonchev–Trinajstić information content (AvgIpc) is 2.34. The first-order valence-corrected chi connectivity index (χ1v) is 6.28. The van der Waals surface area contributed by atoms with Gasteiger partial charge in [-0.2, -0.15) is 5.26 Å². The molecule has 1 N–H and O–H groups in total. The highest BCUT2D eigenvalue weighted by atomic mass is 35.5. The first-order chi connectivity index (χ1) is 8.85. The Bertz CT molecular complexity index is 509. The van der Waals surface area contributed by atoms with Crippen LogP contribution in [-0.2, 0) is 0 Å². The minimum atomic E-state index is -0.444. The average molecular weight is 282 g/mol. The smallest absolute Gasteiger partial charge is 0.292 e. The SMILES string of the molecule is CC(C)(CCC#N)CNc1cc(Cl)ccc1[N+](=O)[O-]. The maximum atomic E-state index is 10.9. The van der Waals surface area contributed by atoms with Crippen molar-refractivity contribution in [3.05, 3.63) is 33.3 Å². The van der Waals surface area contributed by atoms with E-state index in [-0.39, 0.29) is 11.1 Å². The Hall–Kier alpha value is -1.80. The number of halogens is 1. The summed E-state index contributed by atoms with van der Waals surface area (Å²) in [4.78, 5) is 10.5. The molecule has 0 aliphatic heterocycles. The molecule has 0 saturated carbocycles. The van der Waals surface area contributed by atoms with Gasteiger partial charge in [-0.3, -0.25) is 10.1 Å². The van der Waals surface area contributed by atoms with Gasteiger partial charge in [0.25, 0.3) is 5.69 Å². The summed E-state index contributed by atoms with van der Waals surface area (Å²) in [6.45, 7) is 4.55. The lowest BCUT2D eigenvalue weighted by Gasteiger charge is -2.24. The van der Waals surface area contributed by atoms with Gasteiger partial charge in [-0.25, -0.2) is 0 Å². The Balaban J connectivity index is 2.80. The first kappa shape index (κ1) is 15.3. The van der Waals surface area contributed by atoms with Crippen molar-refractivity contribution < 1.29 is 4.92 Å². The van der Waals surface area contributed by atoms with Crippen LogP contribution >= 0.6 is 11.6 Å². The number of nitrogens with one attached hydrogen (secondary N) is 1. The van der Waals surface area contributed by atoms with Crippen LogP contribution in [0.2, 0.25) is 5.02 Å². The molecule has 1 aromatic carbocycles. The zero-order chi connectivity index (χ0) is 14.5. The molecule has 0 atom stereocenters. The van der Waals surface area contributed by atoms with Gasteiger partial charge in [0.05, 0.1) is 11.0 Å². The summed E-state index contributed by atoms with van der Waals surface area (Å²) in [5, 5.41) is 23.0. The van der Waals surface area contributed by atoms with Crippen molar-refractivity contribution >= 4 is 23.0 Å². The maximum absolute atomic E-state index is 10.9. The van der Waals surface area contributed by atoms with E-state index in [1.807, 2.05) is 13.8 Å². The molecule has 102 valence electrons. The molecule has 1 aromatic rings. The lowest BCUT2D eigenvalue weighted by atomic mass is 9.88. The van der Waals surface area contributed by atoms with Crippen molar-refractivity contribution in [1.29, 1.82) is 5.26 Å². The number of nitriles is 1. The van der Waals surface area contributed by atoms with Crippen molar-refractivity contribution in [2.24, 2.45) is 5.41 Å². The lowest BCUT2D eigenvalue weighted by Crippen LogP contribution is -2.23. The Morgan fingerprint density at radius 3 is 2.79 bits per heavy atom. The summed E-state index contributed by atoms with van der Waals surface area (Å²) in [6.07, 6.45) is 1.19. The van der Waals surface area contributed by atoms with Crippen LogP contribution in [-0.4, -0.2) is 11.5 Å². The number of benzene rings is 1. The topological polar surface area (TPSA) is 79.0 Å². The third kappa shape index (κ3) is 4.76. The van der Waals surface area contributed by atoms with E-state index in [1.165, 1.54) is 12.1 Å². The van der Waals surface area contributed by atoms with Crippen LogP contribution in [0.15, 0.2) is 18.2 Å². The quantitative estimate of drug-likeness (QED) is 0.631. The molecule has 0 fully saturated rings. The second-order valence-corrected chi connectivity index (χ2v) is 5.53. The van der Waals surface area contributed by atoms with E-state index in [0.29, 0.717) is 23.7 Å². The zero-order valence-electron chi connectivity index (χ0n) is 10.9. The second-order valence-electron chi connectivity index (χ2n) is 5.09. The van der Waals surface area contributed by atoms with Crippen molar-refractivity contribution in [2.75, 3.05) is 11.9 Å². The first-order valence-electron chi connectivity index (χ1n) is 5.90. The molecule has 0 saturated heterocycles. The Kier molecular flexibility index (Phi) is 5.13. The van der Waals surface area contributed by atoms with Gasteiger partial charge in [0.1, 0.15) is 5.69 Å². The molecule has 0 amide bonds. The molecule has 6 heteroatoms. The van der Waals surface area contributed by atoms with Gasteiger partial charge in [0, 0.05) is 24.1 Å².